The van der Waals surface area contributed by atoms with Crippen molar-refractivity contribution in [3.05, 3.63) is 65.7 Å². The molecule has 0 saturated heterocycles. The lowest BCUT2D eigenvalue weighted by molar-refractivity contribution is -0.121. The fraction of sp³-hybridized carbons (Fsp3) is 0.316. The lowest BCUT2D eigenvalue weighted by Crippen LogP contribution is -2.36. The molecule has 0 aliphatic carbocycles. The maximum atomic E-state index is 11.6. The van der Waals surface area contributed by atoms with Crippen LogP contribution in [0, 0.1) is 0 Å². The second-order valence-electron chi connectivity index (χ2n) is 5.71. The van der Waals surface area contributed by atoms with E-state index in [9.17, 15) is 4.79 Å². The van der Waals surface area contributed by atoms with Crippen LogP contribution < -0.4 is 4.74 Å². The third-order valence-corrected chi connectivity index (χ3v) is 3.69. The number of hydrogen-bond donors (Lipinski definition) is 0. The monoisotopic (exact) mass is 297 g/mol. The molecule has 0 N–H and O–H groups in total. The normalized spacial score (nSPS) is 12.2. The third-order valence-electron chi connectivity index (χ3n) is 3.69. The molecule has 22 heavy (non-hydrogen) atoms. The summed E-state index contributed by atoms with van der Waals surface area (Å²) in [5.41, 5.74) is 2.29. The standard InChI is InChI=1S/C19H23NO2/c1-15(21)19(20(2)3)13-16-9-11-18(12-10-16)22-14-17-7-5-4-6-8-17/h4-12,19H,13-14H2,1-3H3. The SMILES string of the molecule is CC(=O)C(Cc1ccc(OCc2ccccc2)cc1)N(C)C. The Bertz CT molecular complexity index is 591. The van der Waals surface area contributed by atoms with Crippen molar-refractivity contribution in [1.82, 2.24) is 4.90 Å². The van der Waals surface area contributed by atoms with Gasteiger partial charge in [-0.3, -0.25) is 9.69 Å². The summed E-state index contributed by atoms with van der Waals surface area (Å²) in [4.78, 5) is 13.6. The molecule has 0 heterocycles. The van der Waals surface area contributed by atoms with E-state index in [1.54, 1.807) is 6.92 Å². The van der Waals surface area contributed by atoms with Crippen LogP contribution in [-0.4, -0.2) is 30.8 Å². The number of Topliss-reactive ketones (excluding diaryl/α,β-unsaturated/α-hetero) is 1. The highest BCUT2D eigenvalue weighted by Crippen LogP contribution is 2.16. The second kappa shape index (κ2) is 7.76. The summed E-state index contributed by atoms with van der Waals surface area (Å²) in [5, 5.41) is 0. The van der Waals surface area contributed by atoms with Gasteiger partial charge in [-0.25, -0.2) is 0 Å². The molecule has 0 aliphatic heterocycles. The molecule has 2 aromatic carbocycles. The summed E-state index contributed by atoms with van der Waals surface area (Å²) in [6.07, 6.45) is 0.724. The Balaban J connectivity index is 1.94. The first-order valence-electron chi connectivity index (χ1n) is 7.49. The van der Waals surface area contributed by atoms with Crippen molar-refractivity contribution in [1.29, 1.82) is 0 Å². The lowest BCUT2D eigenvalue weighted by Gasteiger charge is -2.21. The fourth-order valence-corrected chi connectivity index (χ4v) is 2.38. The zero-order valence-electron chi connectivity index (χ0n) is 13.5. The topological polar surface area (TPSA) is 29.5 Å². The Labute approximate surface area is 132 Å². The van der Waals surface area contributed by atoms with Crippen LogP contribution in [0.4, 0.5) is 0 Å². The molecular formula is C19H23NO2. The van der Waals surface area contributed by atoms with Crippen LogP contribution in [0.1, 0.15) is 18.1 Å². The van der Waals surface area contributed by atoms with E-state index in [4.69, 9.17) is 4.74 Å². The van der Waals surface area contributed by atoms with Crippen molar-refractivity contribution >= 4 is 5.78 Å². The number of nitrogens with zero attached hydrogens (tertiary/aromatic N) is 1. The van der Waals surface area contributed by atoms with Gasteiger partial charge in [-0.05, 0) is 50.7 Å². The summed E-state index contributed by atoms with van der Waals surface area (Å²) in [6, 6.07) is 18.0. The van der Waals surface area contributed by atoms with Gasteiger partial charge in [0.05, 0.1) is 6.04 Å². The molecular weight excluding hydrogens is 274 g/mol. The minimum atomic E-state index is -0.0731. The zero-order chi connectivity index (χ0) is 15.9. The van der Waals surface area contributed by atoms with Crippen molar-refractivity contribution in [2.24, 2.45) is 0 Å². The van der Waals surface area contributed by atoms with Gasteiger partial charge in [0.25, 0.3) is 0 Å². The van der Waals surface area contributed by atoms with Crippen LogP contribution >= 0.6 is 0 Å². The Morgan fingerprint density at radius 1 is 1.00 bits per heavy atom. The number of carbonyl (C=O) groups is 1. The Morgan fingerprint density at radius 2 is 1.64 bits per heavy atom. The summed E-state index contributed by atoms with van der Waals surface area (Å²) < 4.78 is 5.77. The van der Waals surface area contributed by atoms with Gasteiger partial charge in [0.15, 0.2) is 0 Å². The quantitative estimate of drug-likeness (QED) is 0.785. The Morgan fingerprint density at radius 3 is 2.18 bits per heavy atom. The van der Waals surface area contributed by atoms with Gasteiger partial charge in [-0.2, -0.15) is 0 Å². The summed E-state index contributed by atoms with van der Waals surface area (Å²) in [6.45, 7) is 2.20. The van der Waals surface area contributed by atoms with Gasteiger partial charge < -0.3 is 4.74 Å². The molecule has 2 aromatic rings. The molecule has 116 valence electrons. The van der Waals surface area contributed by atoms with Crippen LogP contribution in [0.3, 0.4) is 0 Å². The lowest BCUT2D eigenvalue weighted by atomic mass is 10.0. The van der Waals surface area contributed by atoms with Crippen LogP contribution in [0.15, 0.2) is 54.6 Å². The van der Waals surface area contributed by atoms with Gasteiger partial charge in [0, 0.05) is 0 Å². The van der Waals surface area contributed by atoms with Crippen LogP contribution in [0.25, 0.3) is 0 Å². The molecule has 1 unspecified atom stereocenters. The van der Waals surface area contributed by atoms with Crippen LogP contribution in [-0.2, 0) is 17.8 Å². The third kappa shape index (κ3) is 4.71. The smallest absolute Gasteiger partial charge is 0.147 e. The van der Waals surface area contributed by atoms with E-state index in [0.29, 0.717) is 6.61 Å². The molecule has 0 radical (unpaired) electrons. The molecule has 3 heteroatoms. The summed E-state index contributed by atoms with van der Waals surface area (Å²) >= 11 is 0. The summed E-state index contributed by atoms with van der Waals surface area (Å²) in [5.74, 6) is 1.03. The maximum Gasteiger partial charge on any atom is 0.147 e. The van der Waals surface area contributed by atoms with Crippen molar-refractivity contribution in [3.8, 4) is 5.75 Å². The largest absolute Gasteiger partial charge is 0.489 e. The van der Waals surface area contributed by atoms with Gasteiger partial charge >= 0.3 is 0 Å². The molecule has 0 bridgehead atoms. The van der Waals surface area contributed by atoms with Crippen molar-refractivity contribution < 1.29 is 9.53 Å². The molecule has 3 nitrogen and oxygen atoms in total. The van der Waals surface area contributed by atoms with E-state index in [1.807, 2.05) is 73.6 Å². The Kier molecular flexibility index (Phi) is 5.73. The molecule has 0 saturated carbocycles. The summed E-state index contributed by atoms with van der Waals surface area (Å²) in [7, 11) is 3.87. The molecule has 2 rings (SSSR count). The van der Waals surface area contributed by atoms with E-state index in [1.165, 1.54) is 0 Å². The Hall–Kier alpha value is -2.13. The van der Waals surface area contributed by atoms with E-state index < -0.39 is 0 Å². The van der Waals surface area contributed by atoms with E-state index in [2.05, 4.69) is 0 Å². The number of carbonyl (C=O) groups excluding carboxylic acids is 1. The molecule has 0 aromatic heterocycles. The van der Waals surface area contributed by atoms with Crippen LogP contribution in [0.5, 0.6) is 5.75 Å². The highest BCUT2D eigenvalue weighted by molar-refractivity contribution is 5.81. The first-order valence-corrected chi connectivity index (χ1v) is 7.49. The molecule has 0 aliphatic rings. The molecule has 0 amide bonds. The predicted octanol–water partition coefficient (Wildman–Crippen LogP) is 3.33. The van der Waals surface area contributed by atoms with Gasteiger partial charge in [-0.15, -0.1) is 0 Å². The highest BCUT2D eigenvalue weighted by atomic mass is 16.5. The van der Waals surface area contributed by atoms with Gasteiger partial charge in [0.1, 0.15) is 18.1 Å². The van der Waals surface area contributed by atoms with Crippen molar-refractivity contribution in [2.45, 2.75) is 26.0 Å². The number of ketones is 1. The first-order chi connectivity index (χ1) is 10.6. The number of likely N-dealkylation sites (N-methyl/N-ethyl adjacent to an activating group) is 1. The molecule has 0 fully saturated rings. The maximum absolute atomic E-state index is 11.6. The fourth-order valence-electron chi connectivity index (χ4n) is 2.38. The zero-order valence-corrected chi connectivity index (χ0v) is 13.5. The van der Waals surface area contributed by atoms with E-state index in [-0.39, 0.29) is 11.8 Å². The average molecular weight is 297 g/mol. The first kappa shape index (κ1) is 16.2. The van der Waals surface area contributed by atoms with Crippen LogP contribution in [0.2, 0.25) is 0 Å². The van der Waals surface area contributed by atoms with Gasteiger partial charge in [0.2, 0.25) is 0 Å². The van der Waals surface area contributed by atoms with Crippen molar-refractivity contribution in [3.63, 3.8) is 0 Å². The second-order valence-corrected chi connectivity index (χ2v) is 5.71. The molecule has 1 atom stereocenters. The predicted molar refractivity (Wildman–Crippen MR) is 89.1 cm³/mol. The minimum Gasteiger partial charge on any atom is -0.489 e. The number of benzene rings is 2. The molecule has 0 spiro atoms. The van der Waals surface area contributed by atoms with E-state index >= 15 is 0 Å². The average Bonchev–Trinajstić information content (AvgIpc) is 2.52. The van der Waals surface area contributed by atoms with Gasteiger partial charge in [-0.1, -0.05) is 42.5 Å². The number of rotatable bonds is 7. The number of ether oxygens (including phenoxy) is 1. The minimum absolute atomic E-state index is 0.0731. The highest BCUT2D eigenvalue weighted by Gasteiger charge is 2.16. The van der Waals surface area contributed by atoms with E-state index in [0.717, 1.165) is 23.3 Å². The number of hydrogen-bond acceptors (Lipinski definition) is 3. The van der Waals surface area contributed by atoms with Crippen molar-refractivity contribution in [2.75, 3.05) is 14.1 Å².